The van der Waals surface area contributed by atoms with Crippen molar-refractivity contribution >= 4 is 5.91 Å². The Morgan fingerprint density at radius 2 is 1.82 bits per heavy atom. The van der Waals surface area contributed by atoms with Crippen molar-refractivity contribution in [1.82, 2.24) is 15.5 Å². The number of aromatic amines is 1. The molecule has 0 fully saturated rings. The predicted octanol–water partition coefficient (Wildman–Crippen LogP) is 4.15. The second-order valence-electron chi connectivity index (χ2n) is 6.52. The van der Waals surface area contributed by atoms with Gasteiger partial charge in [-0.1, -0.05) is 37.3 Å². The molecule has 1 heterocycles. The van der Waals surface area contributed by atoms with Crippen molar-refractivity contribution in [3.05, 3.63) is 65.4 Å². The lowest BCUT2D eigenvalue weighted by atomic mass is 10.0. The first-order valence-corrected chi connectivity index (χ1v) is 9.22. The van der Waals surface area contributed by atoms with E-state index in [1.165, 1.54) is 5.56 Å². The highest BCUT2D eigenvalue weighted by Crippen LogP contribution is 2.30. The van der Waals surface area contributed by atoms with Gasteiger partial charge in [-0.25, -0.2) is 0 Å². The first-order chi connectivity index (χ1) is 13.6. The second kappa shape index (κ2) is 8.61. The number of benzene rings is 2. The van der Waals surface area contributed by atoms with Crippen molar-refractivity contribution in [2.24, 2.45) is 0 Å². The summed E-state index contributed by atoms with van der Waals surface area (Å²) in [6.45, 7) is 4.04. The number of methoxy groups -OCH3 is 2. The lowest BCUT2D eigenvalue weighted by Crippen LogP contribution is -2.26. The van der Waals surface area contributed by atoms with Crippen LogP contribution in [0.25, 0.3) is 11.3 Å². The van der Waals surface area contributed by atoms with Crippen molar-refractivity contribution in [2.75, 3.05) is 14.2 Å². The average molecular weight is 379 g/mol. The highest BCUT2D eigenvalue weighted by Gasteiger charge is 2.18. The van der Waals surface area contributed by atoms with Crippen LogP contribution in [-0.4, -0.2) is 30.3 Å². The number of hydrogen-bond acceptors (Lipinski definition) is 4. The van der Waals surface area contributed by atoms with Crippen molar-refractivity contribution in [3.63, 3.8) is 0 Å². The highest BCUT2D eigenvalue weighted by atomic mass is 16.5. The number of hydrogen-bond donors (Lipinski definition) is 2. The van der Waals surface area contributed by atoms with Crippen LogP contribution >= 0.6 is 0 Å². The van der Waals surface area contributed by atoms with Gasteiger partial charge < -0.3 is 14.8 Å². The van der Waals surface area contributed by atoms with Gasteiger partial charge in [0.05, 0.1) is 37.7 Å². The van der Waals surface area contributed by atoms with E-state index >= 15 is 0 Å². The fourth-order valence-electron chi connectivity index (χ4n) is 3.07. The van der Waals surface area contributed by atoms with Gasteiger partial charge in [0.1, 0.15) is 0 Å². The van der Waals surface area contributed by atoms with Crippen LogP contribution in [0.1, 0.15) is 41.4 Å². The Kier molecular flexibility index (Phi) is 5.99. The number of aromatic nitrogens is 2. The third kappa shape index (κ3) is 4.01. The van der Waals surface area contributed by atoms with E-state index < -0.39 is 0 Å². The van der Waals surface area contributed by atoms with Crippen molar-refractivity contribution < 1.29 is 14.3 Å². The fourth-order valence-corrected chi connectivity index (χ4v) is 3.07. The van der Waals surface area contributed by atoms with Crippen LogP contribution in [0.15, 0.2) is 48.7 Å². The lowest BCUT2D eigenvalue weighted by Gasteiger charge is -2.16. The molecule has 0 saturated heterocycles. The van der Waals surface area contributed by atoms with Crippen LogP contribution < -0.4 is 14.8 Å². The molecular formula is C22H25N3O3. The molecule has 6 nitrogen and oxygen atoms in total. The third-order valence-electron chi connectivity index (χ3n) is 4.79. The van der Waals surface area contributed by atoms with Gasteiger partial charge in [0.15, 0.2) is 11.5 Å². The number of nitrogens with one attached hydrogen (secondary N) is 2. The Bertz CT molecular complexity index is 948. The molecule has 0 saturated carbocycles. The number of aryl methyl sites for hydroxylation is 1. The topological polar surface area (TPSA) is 76.2 Å². The van der Waals surface area contributed by atoms with Crippen LogP contribution in [-0.2, 0) is 6.42 Å². The molecule has 2 N–H and O–H groups in total. The van der Waals surface area contributed by atoms with Crippen LogP contribution in [0.2, 0.25) is 0 Å². The zero-order valence-corrected chi connectivity index (χ0v) is 16.6. The Morgan fingerprint density at radius 1 is 1.11 bits per heavy atom. The summed E-state index contributed by atoms with van der Waals surface area (Å²) in [6.07, 6.45) is 2.53. The summed E-state index contributed by atoms with van der Waals surface area (Å²) in [5.41, 5.74) is 4.31. The predicted molar refractivity (Wildman–Crippen MR) is 109 cm³/mol. The minimum Gasteiger partial charge on any atom is -0.493 e. The molecule has 3 rings (SSSR count). The maximum absolute atomic E-state index is 12.9. The molecule has 3 aromatic rings. The number of amides is 1. The third-order valence-corrected chi connectivity index (χ3v) is 4.79. The fraction of sp³-hybridized carbons (Fsp3) is 0.273. The number of carbonyl (C=O) groups is 1. The first kappa shape index (κ1) is 19.5. The Balaban J connectivity index is 1.79. The van der Waals surface area contributed by atoms with Gasteiger partial charge in [0, 0.05) is 5.56 Å². The van der Waals surface area contributed by atoms with Crippen molar-refractivity contribution in [1.29, 1.82) is 0 Å². The molecule has 0 aliphatic rings. The lowest BCUT2D eigenvalue weighted by molar-refractivity contribution is 0.0940. The summed E-state index contributed by atoms with van der Waals surface area (Å²) in [4.78, 5) is 12.9. The summed E-state index contributed by atoms with van der Waals surface area (Å²) in [6, 6.07) is 13.5. The summed E-state index contributed by atoms with van der Waals surface area (Å²) in [5.74, 6) is 1.09. The molecule has 0 bridgehead atoms. The molecule has 2 aromatic carbocycles. The number of nitrogens with zero attached hydrogens (tertiary/aromatic N) is 1. The molecule has 1 aromatic heterocycles. The zero-order chi connectivity index (χ0) is 20.1. The molecule has 0 aliphatic heterocycles. The second-order valence-corrected chi connectivity index (χ2v) is 6.52. The number of rotatable bonds is 7. The number of ether oxygens (including phenoxy) is 2. The number of carbonyl (C=O) groups excluding carboxylic acids is 1. The van der Waals surface area contributed by atoms with Gasteiger partial charge in [-0.3, -0.25) is 9.89 Å². The van der Waals surface area contributed by atoms with Crippen LogP contribution in [0.5, 0.6) is 11.5 Å². The normalized spacial score (nSPS) is 11.7. The molecular weight excluding hydrogens is 354 g/mol. The van der Waals surface area contributed by atoms with Gasteiger partial charge in [-0.2, -0.15) is 5.10 Å². The summed E-state index contributed by atoms with van der Waals surface area (Å²) in [5, 5.41) is 10.0. The van der Waals surface area contributed by atoms with E-state index in [0.29, 0.717) is 22.8 Å². The monoisotopic (exact) mass is 379 g/mol. The molecule has 28 heavy (non-hydrogen) atoms. The minimum atomic E-state index is -0.211. The average Bonchev–Trinajstić information content (AvgIpc) is 3.23. The van der Waals surface area contributed by atoms with Crippen LogP contribution in [0, 0.1) is 0 Å². The Hall–Kier alpha value is -3.28. The highest BCUT2D eigenvalue weighted by molar-refractivity contribution is 5.99. The Morgan fingerprint density at radius 3 is 2.46 bits per heavy atom. The SMILES string of the molecule is CCc1ccc(-c2[nH]ncc2C(=O)N[C@H](C)c2ccc(OC)c(OC)c2)cc1. The van der Waals surface area contributed by atoms with E-state index in [2.05, 4.69) is 34.6 Å². The maximum Gasteiger partial charge on any atom is 0.255 e. The molecule has 0 aliphatic carbocycles. The van der Waals surface area contributed by atoms with Crippen molar-refractivity contribution in [3.8, 4) is 22.8 Å². The summed E-state index contributed by atoms with van der Waals surface area (Å²) in [7, 11) is 3.18. The molecule has 1 atom stereocenters. The summed E-state index contributed by atoms with van der Waals surface area (Å²) >= 11 is 0. The quantitative estimate of drug-likeness (QED) is 0.647. The van der Waals surface area contributed by atoms with Gasteiger partial charge in [0.25, 0.3) is 5.91 Å². The Labute approximate surface area is 164 Å². The van der Waals surface area contributed by atoms with Crippen LogP contribution in [0.4, 0.5) is 0 Å². The molecule has 0 radical (unpaired) electrons. The molecule has 6 heteroatoms. The largest absolute Gasteiger partial charge is 0.493 e. The maximum atomic E-state index is 12.9. The zero-order valence-electron chi connectivity index (χ0n) is 16.6. The molecule has 0 unspecified atom stereocenters. The van der Waals surface area contributed by atoms with Gasteiger partial charge in [-0.05, 0) is 36.6 Å². The van der Waals surface area contributed by atoms with Crippen LogP contribution in [0.3, 0.4) is 0 Å². The van der Waals surface area contributed by atoms with Gasteiger partial charge in [-0.15, -0.1) is 0 Å². The summed E-state index contributed by atoms with van der Waals surface area (Å²) < 4.78 is 10.6. The van der Waals surface area contributed by atoms with E-state index in [-0.39, 0.29) is 11.9 Å². The number of H-pyrrole nitrogens is 1. The van der Waals surface area contributed by atoms with E-state index in [0.717, 1.165) is 17.5 Å². The van der Waals surface area contributed by atoms with E-state index in [1.807, 2.05) is 37.3 Å². The smallest absolute Gasteiger partial charge is 0.255 e. The standard InChI is InChI=1S/C22H25N3O3/c1-5-15-6-8-16(9-7-15)21-18(13-23-25-21)22(26)24-14(2)17-10-11-19(27-3)20(12-17)28-4/h6-14H,5H2,1-4H3,(H,23,25)(H,24,26)/t14-/m1/s1. The first-order valence-electron chi connectivity index (χ1n) is 9.22. The van der Waals surface area contributed by atoms with Crippen molar-refractivity contribution in [2.45, 2.75) is 26.3 Å². The molecule has 1 amide bonds. The van der Waals surface area contributed by atoms with Gasteiger partial charge >= 0.3 is 0 Å². The van der Waals surface area contributed by atoms with Gasteiger partial charge in [0.2, 0.25) is 0 Å². The molecule has 0 spiro atoms. The van der Waals surface area contributed by atoms with E-state index in [9.17, 15) is 4.79 Å². The molecule has 146 valence electrons. The minimum absolute atomic E-state index is 0.189. The van der Waals surface area contributed by atoms with E-state index in [1.54, 1.807) is 20.4 Å². The van der Waals surface area contributed by atoms with E-state index in [4.69, 9.17) is 9.47 Å².